The van der Waals surface area contributed by atoms with Crippen LogP contribution in [-0.4, -0.2) is 24.5 Å². The molecule has 0 atom stereocenters. The second kappa shape index (κ2) is 7.73. The molecule has 0 fully saturated rings. The SMILES string of the molecule is COc1cc([N+](=O)[O-])ccc1NC(=O)COc1ccc(F)cc1Br. The van der Waals surface area contributed by atoms with E-state index in [0.717, 1.165) is 0 Å². The number of hydrogen-bond donors (Lipinski definition) is 1. The lowest BCUT2D eigenvalue weighted by molar-refractivity contribution is -0.384. The van der Waals surface area contributed by atoms with Crippen molar-refractivity contribution in [2.75, 3.05) is 19.0 Å². The number of rotatable bonds is 6. The number of halogens is 2. The number of nitrogens with one attached hydrogen (secondary N) is 1. The zero-order valence-electron chi connectivity index (χ0n) is 12.4. The highest BCUT2D eigenvalue weighted by Crippen LogP contribution is 2.29. The molecular weight excluding hydrogens is 387 g/mol. The summed E-state index contributed by atoms with van der Waals surface area (Å²) in [4.78, 5) is 22.1. The van der Waals surface area contributed by atoms with Crippen LogP contribution in [0.25, 0.3) is 0 Å². The minimum absolute atomic E-state index is 0.153. The van der Waals surface area contributed by atoms with Crippen LogP contribution in [0.3, 0.4) is 0 Å². The van der Waals surface area contributed by atoms with Gasteiger partial charge in [-0.15, -0.1) is 0 Å². The molecule has 0 saturated heterocycles. The smallest absolute Gasteiger partial charge is 0.273 e. The molecule has 0 bridgehead atoms. The summed E-state index contributed by atoms with van der Waals surface area (Å²) >= 11 is 3.13. The lowest BCUT2D eigenvalue weighted by Gasteiger charge is -2.11. The number of anilines is 1. The van der Waals surface area contributed by atoms with E-state index in [2.05, 4.69) is 21.2 Å². The summed E-state index contributed by atoms with van der Waals surface area (Å²) in [6.45, 7) is -0.329. The summed E-state index contributed by atoms with van der Waals surface area (Å²) in [5.74, 6) is -0.476. The van der Waals surface area contributed by atoms with Crippen LogP contribution in [0.1, 0.15) is 0 Å². The lowest BCUT2D eigenvalue weighted by Crippen LogP contribution is -2.20. The quantitative estimate of drug-likeness (QED) is 0.593. The van der Waals surface area contributed by atoms with Crippen molar-refractivity contribution in [1.82, 2.24) is 0 Å². The molecule has 2 aromatic rings. The van der Waals surface area contributed by atoms with Crippen molar-refractivity contribution in [3.8, 4) is 11.5 Å². The highest BCUT2D eigenvalue weighted by atomic mass is 79.9. The molecule has 0 aliphatic carbocycles. The zero-order chi connectivity index (χ0) is 17.7. The Labute approximate surface area is 144 Å². The van der Waals surface area contributed by atoms with Crippen LogP contribution < -0.4 is 14.8 Å². The topological polar surface area (TPSA) is 90.7 Å². The van der Waals surface area contributed by atoms with Crippen LogP contribution >= 0.6 is 15.9 Å². The predicted octanol–water partition coefficient (Wildman–Crippen LogP) is 3.52. The van der Waals surface area contributed by atoms with Gasteiger partial charge in [0.05, 0.1) is 28.3 Å². The van der Waals surface area contributed by atoms with Crippen LogP contribution in [0, 0.1) is 15.9 Å². The Kier molecular flexibility index (Phi) is 5.69. The minimum Gasteiger partial charge on any atom is -0.494 e. The molecule has 0 aliphatic heterocycles. The number of amides is 1. The summed E-state index contributed by atoms with van der Waals surface area (Å²) in [6.07, 6.45) is 0. The molecule has 0 heterocycles. The molecule has 0 saturated carbocycles. The van der Waals surface area contributed by atoms with E-state index < -0.39 is 16.6 Å². The largest absolute Gasteiger partial charge is 0.494 e. The third kappa shape index (κ3) is 4.42. The molecule has 0 radical (unpaired) electrons. The molecule has 1 N–H and O–H groups in total. The molecule has 7 nitrogen and oxygen atoms in total. The van der Waals surface area contributed by atoms with Crippen LogP contribution in [0.4, 0.5) is 15.8 Å². The number of carbonyl (C=O) groups is 1. The number of non-ortho nitro benzene ring substituents is 1. The van der Waals surface area contributed by atoms with Crippen LogP contribution in [0.2, 0.25) is 0 Å². The van der Waals surface area contributed by atoms with E-state index in [1.807, 2.05) is 0 Å². The Morgan fingerprint density at radius 1 is 1.29 bits per heavy atom. The monoisotopic (exact) mass is 398 g/mol. The molecule has 9 heteroatoms. The summed E-state index contributed by atoms with van der Waals surface area (Å²) in [5, 5.41) is 13.3. The third-order valence-corrected chi connectivity index (χ3v) is 3.54. The molecule has 0 aliphatic rings. The van der Waals surface area contributed by atoms with Crippen molar-refractivity contribution in [2.45, 2.75) is 0 Å². The van der Waals surface area contributed by atoms with Gasteiger partial charge in [0.2, 0.25) is 0 Å². The van der Waals surface area contributed by atoms with Gasteiger partial charge in [0, 0.05) is 6.07 Å². The number of methoxy groups -OCH3 is 1. The molecular formula is C15H12BrFN2O5. The first kappa shape index (κ1) is 17.7. The van der Waals surface area contributed by atoms with Gasteiger partial charge in [-0.3, -0.25) is 14.9 Å². The van der Waals surface area contributed by atoms with Gasteiger partial charge in [-0.05, 0) is 40.2 Å². The molecule has 0 unspecified atom stereocenters. The Balaban J connectivity index is 2.03. The maximum absolute atomic E-state index is 13.0. The first-order valence-electron chi connectivity index (χ1n) is 6.61. The number of nitrogens with zero attached hydrogens (tertiary/aromatic N) is 1. The van der Waals surface area contributed by atoms with E-state index in [4.69, 9.17) is 9.47 Å². The number of nitro groups is 1. The van der Waals surface area contributed by atoms with Gasteiger partial charge in [0.15, 0.2) is 6.61 Å². The Morgan fingerprint density at radius 3 is 2.67 bits per heavy atom. The van der Waals surface area contributed by atoms with E-state index in [-0.39, 0.29) is 23.7 Å². The molecule has 2 rings (SSSR count). The predicted molar refractivity (Wildman–Crippen MR) is 87.9 cm³/mol. The van der Waals surface area contributed by atoms with Crippen molar-refractivity contribution in [3.05, 3.63) is 56.8 Å². The van der Waals surface area contributed by atoms with E-state index in [0.29, 0.717) is 10.2 Å². The number of benzene rings is 2. The van der Waals surface area contributed by atoms with Crippen molar-refractivity contribution >= 4 is 33.2 Å². The van der Waals surface area contributed by atoms with Gasteiger partial charge in [-0.1, -0.05) is 0 Å². The van der Waals surface area contributed by atoms with E-state index >= 15 is 0 Å². The summed E-state index contributed by atoms with van der Waals surface area (Å²) < 4.78 is 23.7. The summed E-state index contributed by atoms with van der Waals surface area (Å²) in [5.41, 5.74) is 0.117. The van der Waals surface area contributed by atoms with Crippen molar-refractivity contribution in [2.24, 2.45) is 0 Å². The highest BCUT2D eigenvalue weighted by Gasteiger charge is 2.14. The number of hydrogen-bond acceptors (Lipinski definition) is 5. The zero-order valence-corrected chi connectivity index (χ0v) is 14.0. The maximum Gasteiger partial charge on any atom is 0.273 e. The van der Waals surface area contributed by atoms with E-state index in [1.165, 1.54) is 43.5 Å². The van der Waals surface area contributed by atoms with Gasteiger partial charge in [-0.2, -0.15) is 0 Å². The van der Waals surface area contributed by atoms with Gasteiger partial charge in [0.25, 0.3) is 11.6 Å². The summed E-state index contributed by atoms with van der Waals surface area (Å²) in [7, 11) is 1.33. The van der Waals surface area contributed by atoms with Gasteiger partial charge >= 0.3 is 0 Å². The van der Waals surface area contributed by atoms with Crippen molar-refractivity contribution in [1.29, 1.82) is 0 Å². The standard InChI is InChI=1S/C15H12BrFN2O5/c1-23-14-7-10(19(21)22)3-4-12(14)18-15(20)8-24-13-5-2-9(17)6-11(13)16/h2-7H,8H2,1H3,(H,18,20). The van der Waals surface area contributed by atoms with E-state index in [9.17, 15) is 19.3 Å². The van der Waals surface area contributed by atoms with Crippen LogP contribution in [-0.2, 0) is 4.79 Å². The fourth-order valence-electron chi connectivity index (χ4n) is 1.82. The summed E-state index contributed by atoms with van der Waals surface area (Å²) in [6, 6.07) is 7.62. The van der Waals surface area contributed by atoms with E-state index in [1.54, 1.807) is 0 Å². The Morgan fingerprint density at radius 2 is 2.04 bits per heavy atom. The first-order valence-corrected chi connectivity index (χ1v) is 7.40. The highest BCUT2D eigenvalue weighted by molar-refractivity contribution is 9.10. The van der Waals surface area contributed by atoms with Crippen LogP contribution in [0.5, 0.6) is 11.5 Å². The average Bonchev–Trinajstić information content (AvgIpc) is 2.54. The van der Waals surface area contributed by atoms with Crippen molar-refractivity contribution < 1.29 is 23.6 Å². The molecule has 0 spiro atoms. The Hall–Kier alpha value is -2.68. The average molecular weight is 399 g/mol. The molecule has 24 heavy (non-hydrogen) atoms. The third-order valence-electron chi connectivity index (χ3n) is 2.92. The lowest BCUT2D eigenvalue weighted by atomic mass is 10.2. The van der Waals surface area contributed by atoms with Crippen molar-refractivity contribution in [3.63, 3.8) is 0 Å². The van der Waals surface area contributed by atoms with Crippen LogP contribution in [0.15, 0.2) is 40.9 Å². The second-order valence-electron chi connectivity index (χ2n) is 4.55. The number of ether oxygens (including phenoxy) is 2. The fraction of sp³-hybridized carbons (Fsp3) is 0.133. The van der Waals surface area contributed by atoms with Gasteiger partial charge in [0.1, 0.15) is 17.3 Å². The fourth-order valence-corrected chi connectivity index (χ4v) is 2.28. The molecule has 1 amide bonds. The molecule has 2 aromatic carbocycles. The molecule has 0 aromatic heterocycles. The second-order valence-corrected chi connectivity index (χ2v) is 5.41. The maximum atomic E-state index is 13.0. The minimum atomic E-state index is -0.566. The first-order chi connectivity index (χ1) is 11.4. The van der Waals surface area contributed by atoms with Gasteiger partial charge < -0.3 is 14.8 Å². The van der Waals surface area contributed by atoms with Gasteiger partial charge in [-0.25, -0.2) is 4.39 Å². The number of nitro benzene ring substituents is 1. The molecule has 126 valence electrons. The Bertz CT molecular complexity index is 784. The number of carbonyl (C=O) groups excluding carboxylic acids is 1. The normalized spacial score (nSPS) is 10.1.